The highest BCUT2D eigenvalue weighted by molar-refractivity contribution is 5.73. The average Bonchev–Trinajstić information content (AvgIpc) is 2.32. The van der Waals surface area contributed by atoms with Gasteiger partial charge in [-0.2, -0.15) is 26.3 Å². The lowest BCUT2D eigenvalue weighted by atomic mass is 9.92. The maximum atomic E-state index is 12.9. The lowest BCUT2D eigenvalue weighted by Gasteiger charge is -2.21. The van der Waals surface area contributed by atoms with Crippen LogP contribution in [0, 0.1) is 0 Å². The molecule has 8 heteroatoms. The summed E-state index contributed by atoms with van der Waals surface area (Å²) in [5.74, 6) is -2.64. The van der Waals surface area contributed by atoms with Crippen molar-refractivity contribution < 1.29 is 31.1 Å². The van der Waals surface area contributed by atoms with Gasteiger partial charge in [-0.3, -0.25) is 4.79 Å². The molecule has 1 aromatic rings. The van der Waals surface area contributed by atoms with Gasteiger partial charge < -0.3 is 5.73 Å². The van der Waals surface area contributed by atoms with Crippen LogP contribution in [0.25, 0.3) is 0 Å². The fourth-order valence-electron chi connectivity index (χ4n) is 1.90. The summed E-state index contributed by atoms with van der Waals surface area (Å²) in [5.41, 5.74) is 3.58. The van der Waals surface area contributed by atoms with E-state index in [0.717, 1.165) is 12.1 Å². The van der Waals surface area contributed by atoms with Crippen LogP contribution in [0.4, 0.5) is 26.3 Å². The van der Waals surface area contributed by atoms with E-state index in [4.69, 9.17) is 5.73 Å². The quantitative estimate of drug-likeness (QED) is 0.820. The third-order valence-electron chi connectivity index (χ3n) is 2.95. The van der Waals surface area contributed by atoms with Gasteiger partial charge in [-0.1, -0.05) is 12.1 Å². The summed E-state index contributed by atoms with van der Waals surface area (Å²) in [5, 5.41) is 0. The summed E-state index contributed by atoms with van der Waals surface area (Å²) in [6, 6.07) is 2.85. The number of hydrogen-bond acceptors (Lipinski definition) is 1. The Morgan fingerprint density at radius 1 is 1.05 bits per heavy atom. The number of hydrogen-bond donors (Lipinski definition) is 1. The zero-order valence-corrected chi connectivity index (χ0v) is 10.8. The van der Waals surface area contributed by atoms with Gasteiger partial charge in [0.2, 0.25) is 5.91 Å². The van der Waals surface area contributed by atoms with E-state index >= 15 is 0 Å². The van der Waals surface area contributed by atoms with Crippen LogP contribution in [0.1, 0.15) is 36.3 Å². The van der Waals surface area contributed by atoms with Gasteiger partial charge in [0.15, 0.2) is 0 Å². The second-order valence-electron chi connectivity index (χ2n) is 4.57. The largest absolute Gasteiger partial charge is 0.416 e. The number of halogens is 6. The van der Waals surface area contributed by atoms with E-state index in [-0.39, 0.29) is 18.4 Å². The van der Waals surface area contributed by atoms with Crippen molar-refractivity contribution in [3.63, 3.8) is 0 Å². The molecule has 21 heavy (non-hydrogen) atoms. The van der Waals surface area contributed by atoms with Crippen LogP contribution < -0.4 is 5.73 Å². The highest BCUT2D eigenvalue weighted by atomic mass is 19.4. The second kappa shape index (κ2) is 6.36. The van der Waals surface area contributed by atoms with Crippen LogP contribution >= 0.6 is 0 Å². The molecule has 0 heterocycles. The number of rotatable bonds is 5. The van der Waals surface area contributed by atoms with Crippen molar-refractivity contribution in [1.29, 1.82) is 0 Å². The fraction of sp³-hybridized carbons (Fsp3) is 0.462. The van der Waals surface area contributed by atoms with Crippen LogP contribution in [0.2, 0.25) is 0 Å². The molecule has 0 spiro atoms. The van der Waals surface area contributed by atoms with Crippen molar-refractivity contribution in [2.24, 2.45) is 5.73 Å². The fourth-order valence-corrected chi connectivity index (χ4v) is 1.90. The molecule has 1 amide bonds. The number of benzene rings is 1. The Balaban J connectivity index is 2.91. The van der Waals surface area contributed by atoms with Gasteiger partial charge in [-0.05, 0) is 30.5 Å². The highest BCUT2D eigenvalue weighted by Crippen LogP contribution is 2.39. The maximum Gasteiger partial charge on any atom is 0.416 e. The summed E-state index contributed by atoms with van der Waals surface area (Å²) >= 11 is 0. The number of alkyl halides is 6. The summed E-state index contributed by atoms with van der Waals surface area (Å²) in [6.45, 7) is 0. The van der Waals surface area contributed by atoms with E-state index in [1.165, 1.54) is 0 Å². The van der Waals surface area contributed by atoms with Crippen molar-refractivity contribution >= 4 is 5.91 Å². The molecule has 118 valence electrons. The van der Waals surface area contributed by atoms with E-state index in [1.807, 2.05) is 0 Å². The predicted molar refractivity (Wildman–Crippen MR) is 63.3 cm³/mol. The molecule has 0 aromatic heterocycles. The lowest BCUT2D eigenvalue weighted by molar-refractivity contribution is -0.152. The molecule has 1 unspecified atom stereocenters. The topological polar surface area (TPSA) is 43.1 Å². The first kappa shape index (κ1) is 17.3. The molecule has 2 nitrogen and oxygen atoms in total. The Morgan fingerprint density at radius 3 is 1.95 bits per heavy atom. The van der Waals surface area contributed by atoms with Gasteiger partial charge in [0.1, 0.15) is 0 Å². The number of amides is 1. The van der Waals surface area contributed by atoms with E-state index in [1.54, 1.807) is 0 Å². The molecule has 1 rings (SSSR count). The first-order valence-electron chi connectivity index (χ1n) is 6.04. The van der Waals surface area contributed by atoms with Crippen LogP contribution in [-0.4, -0.2) is 12.1 Å². The van der Waals surface area contributed by atoms with Crippen LogP contribution in [0.3, 0.4) is 0 Å². The highest BCUT2D eigenvalue weighted by Gasteiger charge is 2.40. The predicted octanol–water partition coefficient (Wildman–Crippen LogP) is 4.01. The van der Waals surface area contributed by atoms with Crippen molar-refractivity contribution in [2.75, 3.05) is 0 Å². The van der Waals surface area contributed by atoms with Crippen LogP contribution in [0.15, 0.2) is 24.3 Å². The van der Waals surface area contributed by atoms with Crippen molar-refractivity contribution in [2.45, 2.75) is 37.5 Å². The Morgan fingerprint density at radius 2 is 1.57 bits per heavy atom. The van der Waals surface area contributed by atoms with Crippen molar-refractivity contribution in [3.05, 3.63) is 35.4 Å². The minimum atomic E-state index is -4.60. The molecule has 0 saturated heterocycles. The normalized spacial score (nSPS) is 14.0. The number of nitrogens with two attached hydrogens (primary N) is 1. The van der Waals surface area contributed by atoms with Crippen molar-refractivity contribution in [3.8, 4) is 0 Å². The Hall–Kier alpha value is -1.73. The molecule has 0 radical (unpaired) electrons. The molecular formula is C13H13F6NO. The van der Waals surface area contributed by atoms with E-state index < -0.39 is 36.2 Å². The molecule has 0 aliphatic rings. The van der Waals surface area contributed by atoms with Gasteiger partial charge in [-0.15, -0.1) is 0 Å². The Labute approximate surface area is 116 Å². The van der Waals surface area contributed by atoms with E-state index in [2.05, 4.69) is 0 Å². The second-order valence-corrected chi connectivity index (χ2v) is 4.57. The third-order valence-corrected chi connectivity index (χ3v) is 2.95. The maximum absolute atomic E-state index is 12.9. The Bertz CT molecular complexity index is 477. The average molecular weight is 313 g/mol. The van der Waals surface area contributed by atoms with Gasteiger partial charge >= 0.3 is 12.4 Å². The zero-order chi connectivity index (χ0) is 16.3. The van der Waals surface area contributed by atoms with E-state index in [0.29, 0.717) is 12.1 Å². The summed E-state index contributed by atoms with van der Waals surface area (Å²) in [7, 11) is 0. The number of primary amides is 1. The van der Waals surface area contributed by atoms with Gasteiger partial charge in [0, 0.05) is 6.42 Å². The van der Waals surface area contributed by atoms with Gasteiger partial charge in [0.05, 0.1) is 11.5 Å². The first-order chi connectivity index (χ1) is 9.51. The molecule has 0 fully saturated rings. The molecule has 0 aliphatic heterocycles. The molecule has 1 aromatic carbocycles. The third kappa shape index (κ3) is 5.28. The minimum absolute atomic E-state index is 0.0828. The standard InChI is InChI=1S/C13H13F6NO/c14-12(15,16)9-6-4-8(5-7-9)10(13(17,18)19)2-1-3-11(20)21/h4-7,10H,1-3H2,(H2,20,21). The molecule has 2 N–H and O–H groups in total. The van der Waals surface area contributed by atoms with E-state index in [9.17, 15) is 31.1 Å². The lowest BCUT2D eigenvalue weighted by Crippen LogP contribution is -2.22. The molecule has 1 atom stereocenters. The molecular weight excluding hydrogens is 300 g/mol. The summed E-state index contributed by atoms with van der Waals surface area (Å²) in [4.78, 5) is 10.5. The van der Waals surface area contributed by atoms with Crippen LogP contribution in [0.5, 0.6) is 0 Å². The molecule has 0 aliphatic carbocycles. The number of carbonyl (C=O) groups is 1. The number of carbonyl (C=O) groups excluding carboxylic acids is 1. The molecule has 0 saturated carbocycles. The summed E-state index contributed by atoms with van der Waals surface area (Å²) in [6.07, 6.45) is -9.89. The summed E-state index contributed by atoms with van der Waals surface area (Å²) < 4.78 is 75.9. The van der Waals surface area contributed by atoms with Crippen LogP contribution in [-0.2, 0) is 11.0 Å². The zero-order valence-electron chi connectivity index (χ0n) is 10.8. The first-order valence-corrected chi connectivity index (χ1v) is 6.04. The SMILES string of the molecule is NC(=O)CCCC(c1ccc(C(F)(F)F)cc1)C(F)(F)F. The molecule has 0 bridgehead atoms. The van der Waals surface area contributed by atoms with Gasteiger partial charge in [-0.25, -0.2) is 0 Å². The Kier molecular flexibility index (Phi) is 5.25. The smallest absolute Gasteiger partial charge is 0.370 e. The van der Waals surface area contributed by atoms with Gasteiger partial charge in [0.25, 0.3) is 0 Å². The van der Waals surface area contributed by atoms with Crippen molar-refractivity contribution in [1.82, 2.24) is 0 Å². The monoisotopic (exact) mass is 313 g/mol. The minimum Gasteiger partial charge on any atom is -0.370 e.